The van der Waals surface area contributed by atoms with Crippen LogP contribution in [0.4, 0.5) is 5.69 Å². The van der Waals surface area contributed by atoms with Crippen LogP contribution in [0, 0.1) is 6.92 Å². The number of likely N-dealkylation sites (N-methyl/N-ethyl adjacent to an activating group) is 1. The molecule has 0 aromatic heterocycles. The van der Waals surface area contributed by atoms with Crippen molar-refractivity contribution in [2.75, 3.05) is 30.7 Å². The van der Waals surface area contributed by atoms with Crippen LogP contribution < -0.4 is 9.62 Å². The third kappa shape index (κ3) is 7.09. The maximum atomic E-state index is 13.0. The predicted octanol–water partition coefficient (Wildman–Crippen LogP) is 2.75. The van der Waals surface area contributed by atoms with E-state index in [1.165, 1.54) is 10.6 Å². The number of carbonyl (C=O) groups excluding carboxylic acids is 2. The highest BCUT2D eigenvalue weighted by Gasteiger charge is 2.25. The van der Waals surface area contributed by atoms with Gasteiger partial charge in [-0.2, -0.15) is 0 Å². The van der Waals surface area contributed by atoms with Crippen molar-refractivity contribution in [2.24, 2.45) is 0 Å². The number of hydrogen-bond donors (Lipinski definition) is 1. The molecule has 2 rings (SSSR count). The summed E-state index contributed by atoms with van der Waals surface area (Å²) < 4.78 is 26.1. The molecule has 0 aliphatic carbocycles. The van der Waals surface area contributed by atoms with Gasteiger partial charge in [-0.1, -0.05) is 48.5 Å². The summed E-state index contributed by atoms with van der Waals surface area (Å²) in [6.45, 7) is 4.16. The van der Waals surface area contributed by atoms with Gasteiger partial charge in [-0.15, -0.1) is 0 Å². The van der Waals surface area contributed by atoms with Crippen LogP contribution in [0.3, 0.4) is 0 Å². The minimum Gasteiger partial charge on any atom is -0.357 e. The number of amides is 2. The van der Waals surface area contributed by atoms with Crippen LogP contribution in [-0.4, -0.2) is 57.6 Å². The predicted molar refractivity (Wildman–Crippen MR) is 128 cm³/mol. The fourth-order valence-corrected chi connectivity index (χ4v) is 4.63. The molecule has 1 N–H and O–H groups in total. The Balaban J connectivity index is 2.08. The van der Waals surface area contributed by atoms with E-state index in [4.69, 9.17) is 0 Å². The highest BCUT2D eigenvalue weighted by Crippen LogP contribution is 2.22. The average molecular weight is 460 g/mol. The molecule has 0 saturated heterocycles. The average Bonchev–Trinajstić information content (AvgIpc) is 2.76. The van der Waals surface area contributed by atoms with Crippen LogP contribution >= 0.6 is 0 Å². The zero-order chi connectivity index (χ0) is 23.7. The van der Waals surface area contributed by atoms with E-state index in [-0.39, 0.29) is 24.8 Å². The van der Waals surface area contributed by atoms with Crippen LogP contribution in [0.25, 0.3) is 0 Å². The summed E-state index contributed by atoms with van der Waals surface area (Å²) in [5.41, 5.74) is 2.54. The Bertz CT molecular complexity index is 1010. The monoisotopic (exact) mass is 459 g/mol. The summed E-state index contributed by atoms with van der Waals surface area (Å²) in [6, 6.07) is 16.4. The lowest BCUT2D eigenvalue weighted by atomic mass is 10.1. The fraction of sp³-hybridized carbons (Fsp3) is 0.417. The Hall–Kier alpha value is -2.87. The molecule has 0 bridgehead atoms. The Kier molecular flexibility index (Phi) is 9.26. The summed E-state index contributed by atoms with van der Waals surface area (Å²) in [7, 11) is -1.95. The third-order valence-electron chi connectivity index (χ3n) is 5.43. The third-order valence-corrected chi connectivity index (χ3v) is 6.61. The molecule has 0 spiro atoms. The molecule has 0 saturated carbocycles. The van der Waals surface area contributed by atoms with E-state index in [1.807, 2.05) is 49.4 Å². The van der Waals surface area contributed by atoms with Crippen molar-refractivity contribution in [1.29, 1.82) is 0 Å². The second kappa shape index (κ2) is 11.7. The molecule has 0 radical (unpaired) electrons. The van der Waals surface area contributed by atoms with E-state index in [0.29, 0.717) is 25.1 Å². The van der Waals surface area contributed by atoms with Gasteiger partial charge in [-0.3, -0.25) is 13.9 Å². The van der Waals surface area contributed by atoms with Crippen molar-refractivity contribution in [3.63, 3.8) is 0 Å². The Morgan fingerprint density at radius 1 is 1.00 bits per heavy atom. The van der Waals surface area contributed by atoms with Crippen molar-refractivity contribution >= 4 is 27.5 Å². The van der Waals surface area contributed by atoms with E-state index in [1.54, 1.807) is 31.0 Å². The number of aryl methyl sites for hydroxylation is 1. The molecule has 0 heterocycles. The van der Waals surface area contributed by atoms with Crippen LogP contribution in [0.5, 0.6) is 0 Å². The second-order valence-electron chi connectivity index (χ2n) is 7.84. The first kappa shape index (κ1) is 25.4. The van der Waals surface area contributed by atoms with Gasteiger partial charge >= 0.3 is 0 Å². The Morgan fingerprint density at radius 3 is 2.22 bits per heavy atom. The Morgan fingerprint density at radius 2 is 1.62 bits per heavy atom. The molecule has 2 aromatic rings. The summed E-state index contributed by atoms with van der Waals surface area (Å²) in [6.07, 6.45) is 2.30. The first-order valence-corrected chi connectivity index (χ1v) is 12.6. The van der Waals surface area contributed by atoms with Crippen molar-refractivity contribution in [1.82, 2.24) is 10.2 Å². The summed E-state index contributed by atoms with van der Waals surface area (Å²) >= 11 is 0. The lowest BCUT2D eigenvalue weighted by Crippen LogP contribution is -2.48. The molecular weight excluding hydrogens is 426 g/mol. The maximum absolute atomic E-state index is 13.0. The van der Waals surface area contributed by atoms with Crippen LogP contribution in [0.1, 0.15) is 30.9 Å². The van der Waals surface area contributed by atoms with Crippen molar-refractivity contribution in [3.8, 4) is 0 Å². The second-order valence-corrected chi connectivity index (χ2v) is 9.74. The van der Waals surface area contributed by atoms with Gasteiger partial charge in [0.15, 0.2) is 0 Å². The normalized spacial score (nSPS) is 12.1. The van der Waals surface area contributed by atoms with Crippen molar-refractivity contribution in [3.05, 3.63) is 65.7 Å². The smallest absolute Gasteiger partial charge is 0.242 e. The number of hydrogen-bond acceptors (Lipinski definition) is 4. The van der Waals surface area contributed by atoms with Gasteiger partial charge < -0.3 is 10.2 Å². The first-order chi connectivity index (χ1) is 15.1. The van der Waals surface area contributed by atoms with Crippen LogP contribution in [-0.2, 0) is 26.0 Å². The van der Waals surface area contributed by atoms with Gasteiger partial charge in [-0.25, -0.2) is 8.42 Å². The molecule has 0 aliphatic rings. The topological polar surface area (TPSA) is 86.8 Å². The van der Waals surface area contributed by atoms with Gasteiger partial charge in [0.1, 0.15) is 6.04 Å². The molecule has 2 amide bonds. The van der Waals surface area contributed by atoms with Gasteiger partial charge in [0.2, 0.25) is 21.8 Å². The van der Waals surface area contributed by atoms with Gasteiger partial charge in [0.05, 0.1) is 11.9 Å². The highest BCUT2D eigenvalue weighted by molar-refractivity contribution is 7.92. The lowest BCUT2D eigenvalue weighted by Gasteiger charge is -2.29. The van der Waals surface area contributed by atoms with Crippen LogP contribution in [0.15, 0.2) is 54.6 Å². The minimum atomic E-state index is -3.49. The zero-order valence-corrected chi connectivity index (χ0v) is 20.1. The zero-order valence-electron chi connectivity index (χ0n) is 19.2. The van der Waals surface area contributed by atoms with Gasteiger partial charge in [0, 0.05) is 26.6 Å². The first-order valence-electron chi connectivity index (χ1n) is 10.7. The number of nitrogens with zero attached hydrogens (tertiary/aromatic N) is 2. The number of para-hydroxylation sites is 1. The molecule has 0 fully saturated rings. The fourth-order valence-electron chi connectivity index (χ4n) is 3.60. The molecule has 174 valence electrons. The molecule has 0 aliphatic heterocycles. The van der Waals surface area contributed by atoms with E-state index < -0.39 is 16.1 Å². The molecule has 32 heavy (non-hydrogen) atoms. The Labute approximate surface area is 191 Å². The van der Waals surface area contributed by atoms with E-state index in [9.17, 15) is 18.0 Å². The molecule has 2 aromatic carbocycles. The maximum Gasteiger partial charge on any atom is 0.242 e. The summed E-state index contributed by atoms with van der Waals surface area (Å²) in [5, 5.41) is 2.60. The van der Waals surface area contributed by atoms with Crippen LogP contribution in [0.2, 0.25) is 0 Å². The molecule has 8 heteroatoms. The standard InChI is InChI=1S/C24H33N3O4S/c1-19-11-8-9-14-22(19)27(32(4,30)31)17-10-15-23(28)26(20(2)24(29)25-3)18-16-21-12-6-5-7-13-21/h5-9,11-14,20H,10,15-18H2,1-4H3,(H,25,29)/t20-/m1/s1. The number of carbonyl (C=O) groups is 2. The van der Waals surface area contributed by atoms with E-state index in [2.05, 4.69) is 5.32 Å². The number of benzene rings is 2. The molecule has 7 nitrogen and oxygen atoms in total. The number of anilines is 1. The molecule has 0 unspecified atom stereocenters. The number of nitrogens with one attached hydrogen (secondary N) is 1. The summed E-state index contributed by atoms with van der Waals surface area (Å²) in [5.74, 6) is -0.403. The summed E-state index contributed by atoms with van der Waals surface area (Å²) in [4.78, 5) is 26.8. The largest absolute Gasteiger partial charge is 0.357 e. The number of sulfonamides is 1. The van der Waals surface area contributed by atoms with E-state index in [0.717, 1.165) is 11.1 Å². The van der Waals surface area contributed by atoms with Gasteiger partial charge in [-0.05, 0) is 43.9 Å². The lowest BCUT2D eigenvalue weighted by molar-refractivity contribution is -0.139. The quantitative estimate of drug-likeness (QED) is 0.560. The van der Waals surface area contributed by atoms with Crippen molar-refractivity contribution < 1.29 is 18.0 Å². The molecule has 1 atom stereocenters. The van der Waals surface area contributed by atoms with Gasteiger partial charge in [0.25, 0.3) is 0 Å². The van der Waals surface area contributed by atoms with Crippen molar-refractivity contribution in [2.45, 2.75) is 39.2 Å². The number of rotatable bonds is 11. The SMILES string of the molecule is CNC(=O)[C@@H](C)N(CCc1ccccc1)C(=O)CCCN(c1ccccc1C)S(C)(=O)=O. The minimum absolute atomic E-state index is 0.147. The van der Waals surface area contributed by atoms with E-state index >= 15 is 0 Å². The highest BCUT2D eigenvalue weighted by atomic mass is 32.2. The molecular formula is C24H33N3O4S.